The maximum atomic E-state index is 13.5. The topological polar surface area (TPSA) is 78.4 Å². The first kappa shape index (κ1) is 15.3. The Labute approximate surface area is 122 Å². The van der Waals surface area contributed by atoms with Crippen molar-refractivity contribution in [2.45, 2.75) is 38.6 Å². The number of carbonyl (C=O) groups is 2. The van der Waals surface area contributed by atoms with E-state index in [0.717, 1.165) is 25.0 Å². The fraction of sp³-hybridized carbons (Fsp3) is 0.467. The molecule has 0 bridgehead atoms. The molecule has 0 saturated heterocycles. The van der Waals surface area contributed by atoms with Crippen molar-refractivity contribution in [3.05, 3.63) is 29.6 Å². The number of anilines is 1. The Morgan fingerprint density at radius 1 is 1.43 bits per heavy atom. The van der Waals surface area contributed by atoms with Gasteiger partial charge in [0.1, 0.15) is 5.82 Å². The minimum Gasteiger partial charge on any atom is -0.478 e. The summed E-state index contributed by atoms with van der Waals surface area (Å²) in [6.45, 7) is 2.01. The number of aromatic carboxylic acids is 1. The van der Waals surface area contributed by atoms with E-state index >= 15 is 0 Å². The first-order valence-corrected chi connectivity index (χ1v) is 7.10. The molecular weight excluding hydrogens is 275 g/mol. The van der Waals surface area contributed by atoms with E-state index in [2.05, 4.69) is 10.6 Å². The number of nitrogens with one attached hydrogen (secondary N) is 2. The van der Waals surface area contributed by atoms with Crippen LogP contribution in [0.25, 0.3) is 0 Å². The van der Waals surface area contributed by atoms with Gasteiger partial charge in [-0.1, -0.05) is 19.8 Å². The second-order valence-corrected chi connectivity index (χ2v) is 5.38. The SMILES string of the molecule is CCC(CC1CC1)NC(=O)Nc1ccc(C(=O)O)c(F)c1. The number of urea groups is 1. The second-order valence-electron chi connectivity index (χ2n) is 5.38. The maximum absolute atomic E-state index is 13.5. The number of hydrogen-bond donors (Lipinski definition) is 3. The molecule has 1 atom stereocenters. The number of halogens is 1. The summed E-state index contributed by atoms with van der Waals surface area (Å²) in [6, 6.07) is 3.22. The van der Waals surface area contributed by atoms with Crippen molar-refractivity contribution in [3.8, 4) is 0 Å². The molecule has 1 aromatic rings. The lowest BCUT2D eigenvalue weighted by molar-refractivity contribution is 0.0692. The number of benzene rings is 1. The minimum absolute atomic E-state index is 0.112. The third kappa shape index (κ3) is 4.44. The zero-order valence-corrected chi connectivity index (χ0v) is 11.9. The molecule has 0 radical (unpaired) electrons. The molecule has 0 aliphatic heterocycles. The molecule has 2 rings (SSSR count). The Morgan fingerprint density at radius 2 is 2.14 bits per heavy atom. The van der Waals surface area contributed by atoms with Crippen LogP contribution < -0.4 is 10.6 Å². The maximum Gasteiger partial charge on any atom is 0.338 e. The molecule has 5 nitrogen and oxygen atoms in total. The van der Waals surface area contributed by atoms with Crippen molar-refractivity contribution in [3.63, 3.8) is 0 Å². The Kier molecular flexibility index (Phi) is 4.77. The lowest BCUT2D eigenvalue weighted by Crippen LogP contribution is -2.37. The van der Waals surface area contributed by atoms with Gasteiger partial charge in [0.25, 0.3) is 0 Å². The smallest absolute Gasteiger partial charge is 0.338 e. The van der Waals surface area contributed by atoms with Crippen LogP contribution in [0.15, 0.2) is 18.2 Å². The van der Waals surface area contributed by atoms with Crippen LogP contribution in [0, 0.1) is 11.7 Å². The van der Waals surface area contributed by atoms with Crippen LogP contribution in [-0.4, -0.2) is 23.1 Å². The zero-order valence-electron chi connectivity index (χ0n) is 11.9. The predicted octanol–water partition coefficient (Wildman–Crippen LogP) is 3.22. The average Bonchev–Trinajstić information content (AvgIpc) is 3.21. The van der Waals surface area contributed by atoms with Gasteiger partial charge in [-0.25, -0.2) is 14.0 Å². The molecule has 1 fully saturated rings. The summed E-state index contributed by atoms with van der Waals surface area (Å²) in [5, 5.41) is 14.1. The van der Waals surface area contributed by atoms with Gasteiger partial charge in [-0.05, 0) is 37.0 Å². The standard InChI is InChI=1S/C15H19FN2O3/c1-2-10(7-9-3-4-9)17-15(21)18-11-5-6-12(14(19)20)13(16)8-11/h5-6,8-10H,2-4,7H2,1H3,(H,19,20)(H2,17,18,21). The number of carbonyl (C=O) groups excluding carboxylic acids is 1. The fourth-order valence-electron chi connectivity index (χ4n) is 2.20. The quantitative estimate of drug-likeness (QED) is 0.753. The summed E-state index contributed by atoms with van der Waals surface area (Å²) >= 11 is 0. The van der Waals surface area contributed by atoms with Crippen molar-refractivity contribution in [1.82, 2.24) is 5.32 Å². The third-order valence-electron chi connectivity index (χ3n) is 3.60. The monoisotopic (exact) mass is 294 g/mol. The van der Waals surface area contributed by atoms with Crippen molar-refractivity contribution in [1.29, 1.82) is 0 Å². The van der Waals surface area contributed by atoms with Crippen LogP contribution in [0.2, 0.25) is 0 Å². The normalized spacial score (nSPS) is 15.3. The Hall–Kier alpha value is -2.11. The van der Waals surface area contributed by atoms with E-state index in [9.17, 15) is 14.0 Å². The Bertz CT molecular complexity index is 544. The van der Waals surface area contributed by atoms with Gasteiger partial charge in [-0.3, -0.25) is 0 Å². The number of amides is 2. The molecule has 6 heteroatoms. The van der Waals surface area contributed by atoms with Crippen LogP contribution in [-0.2, 0) is 0 Å². The van der Waals surface area contributed by atoms with E-state index in [-0.39, 0.29) is 11.7 Å². The highest BCUT2D eigenvalue weighted by Crippen LogP contribution is 2.34. The summed E-state index contributed by atoms with van der Waals surface area (Å²) in [5.74, 6) is -1.49. The Morgan fingerprint density at radius 3 is 2.67 bits per heavy atom. The lowest BCUT2D eigenvalue weighted by atomic mass is 10.1. The summed E-state index contributed by atoms with van der Waals surface area (Å²) < 4.78 is 13.5. The van der Waals surface area contributed by atoms with Gasteiger partial charge in [0.15, 0.2) is 0 Å². The summed E-state index contributed by atoms with van der Waals surface area (Å²) in [6.07, 6.45) is 4.26. The second kappa shape index (κ2) is 6.56. The highest BCUT2D eigenvalue weighted by atomic mass is 19.1. The van der Waals surface area contributed by atoms with Crippen LogP contribution >= 0.6 is 0 Å². The summed E-state index contributed by atoms with van der Waals surface area (Å²) in [5.41, 5.74) is -0.183. The van der Waals surface area contributed by atoms with Gasteiger partial charge in [-0.15, -0.1) is 0 Å². The van der Waals surface area contributed by atoms with Gasteiger partial charge in [0.2, 0.25) is 0 Å². The molecule has 21 heavy (non-hydrogen) atoms. The highest BCUT2D eigenvalue weighted by molar-refractivity contribution is 5.91. The van der Waals surface area contributed by atoms with E-state index in [1.807, 2.05) is 6.92 Å². The molecule has 1 saturated carbocycles. The molecule has 1 aromatic carbocycles. The molecular formula is C15H19FN2O3. The summed E-state index contributed by atoms with van der Waals surface area (Å²) in [4.78, 5) is 22.6. The molecule has 1 unspecified atom stereocenters. The van der Waals surface area contributed by atoms with E-state index in [1.165, 1.54) is 18.9 Å². The molecule has 114 valence electrons. The third-order valence-corrected chi connectivity index (χ3v) is 3.60. The van der Waals surface area contributed by atoms with Crippen molar-refractivity contribution in [2.24, 2.45) is 5.92 Å². The summed E-state index contributed by atoms with van der Waals surface area (Å²) in [7, 11) is 0. The Balaban J connectivity index is 1.92. The number of hydrogen-bond acceptors (Lipinski definition) is 2. The molecule has 3 N–H and O–H groups in total. The van der Waals surface area contributed by atoms with Crippen LogP contribution in [0.3, 0.4) is 0 Å². The van der Waals surface area contributed by atoms with E-state index in [1.54, 1.807) is 0 Å². The van der Waals surface area contributed by atoms with Crippen molar-refractivity contribution < 1.29 is 19.1 Å². The molecule has 0 spiro atoms. The number of carboxylic acid groups (broad SMARTS) is 1. The minimum atomic E-state index is -1.33. The largest absolute Gasteiger partial charge is 0.478 e. The highest BCUT2D eigenvalue weighted by Gasteiger charge is 2.25. The molecule has 1 aliphatic carbocycles. The molecule has 0 heterocycles. The van der Waals surface area contributed by atoms with Crippen LogP contribution in [0.4, 0.5) is 14.9 Å². The average molecular weight is 294 g/mol. The first-order valence-electron chi connectivity index (χ1n) is 7.10. The van der Waals surface area contributed by atoms with Gasteiger partial charge < -0.3 is 15.7 Å². The van der Waals surface area contributed by atoms with Crippen LogP contribution in [0.5, 0.6) is 0 Å². The van der Waals surface area contributed by atoms with E-state index in [0.29, 0.717) is 5.92 Å². The van der Waals surface area contributed by atoms with Gasteiger partial charge in [-0.2, -0.15) is 0 Å². The lowest BCUT2D eigenvalue weighted by Gasteiger charge is -2.17. The van der Waals surface area contributed by atoms with E-state index < -0.39 is 23.4 Å². The molecule has 0 aromatic heterocycles. The van der Waals surface area contributed by atoms with Gasteiger partial charge >= 0.3 is 12.0 Å². The van der Waals surface area contributed by atoms with Crippen LogP contribution in [0.1, 0.15) is 43.0 Å². The van der Waals surface area contributed by atoms with Crippen molar-refractivity contribution in [2.75, 3.05) is 5.32 Å². The van der Waals surface area contributed by atoms with Crippen molar-refractivity contribution >= 4 is 17.7 Å². The number of carboxylic acids is 1. The number of rotatable bonds is 6. The predicted molar refractivity (Wildman–Crippen MR) is 76.9 cm³/mol. The molecule has 2 amide bonds. The van der Waals surface area contributed by atoms with Gasteiger partial charge in [0.05, 0.1) is 5.56 Å². The first-order chi connectivity index (χ1) is 9.99. The zero-order chi connectivity index (χ0) is 15.4. The van der Waals surface area contributed by atoms with Gasteiger partial charge in [0, 0.05) is 11.7 Å². The fourth-order valence-corrected chi connectivity index (χ4v) is 2.20. The molecule has 1 aliphatic rings. The van der Waals surface area contributed by atoms with E-state index in [4.69, 9.17) is 5.11 Å².